The molecule has 1 aromatic rings. The number of halogens is 1. The van der Waals surface area contributed by atoms with Crippen LogP contribution in [0.5, 0.6) is 0 Å². The van der Waals surface area contributed by atoms with Crippen molar-refractivity contribution in [3.05, 3.63) is 35.6 Å². The fourth-order valence-electron chi connectivity index (χ4n) is 2.84. The highest BCUT2D eigenvalue weighted by molar-refractivity contribution is 7.90. The molecular formula is C17H25FN2O3S. The van der Waals surface area contributed by atoms with Gasteiger partial charge in [0.1, 0.15) is 15.7 Å². The van der Waals surface area contributed by atoms with Gasteiger partial charge in [-0.25, -0.2) is 12.8 Å². The molecular weight excluding hydrogens is 331 g/mol. The first-order valence-corrected chi connectivity index (χ1v) is 10.3. The van der Waals surface area contributed by atoms with E-state index < -0.39 is 9.84 Å². The minimum atomic E-state index is -2.97. The Morgan fingerprint density at radius 2 is 1.92 bits per heavy atom. The summed E-state index contributed by atoms with van der Waals surface area (Å²) in [5.74, 6) is -0.0925. The number of carbonyl (C=O) groups is 1. The van der Waals surface area contributed by atoms with Gasteiger partial charge in [0, 0.05) is 38.9 Å². The number of hydrogen-bond acceptors (Lipinski definition) is 4. The van der Waals surface area contributed by atoms with E-state index in [9.17, 15) is 17.6 Å². The first kappa shape index (κ1) is 18.9. The van der Waals surface area contributed by atoms with E-state index in [-0.39, 0.29) is 17.5 Å². The van der Waals surface area contributed by atoms with Crippen LogP contribution in [0, 0.1) is 5.82 Å². The van der Waals surface area contributed by atoms with Crippen LogP contribution in [0.25, 0.3) is 0 Å². The van der Waals surface area contributed by atoms with Gasteiger partial charge in [-0.2, -0.15) is 0 Å². The van der Waals surface area contributed by atoms with Crippen molar-refractivity contribution < 1.29 is 17.6 Å². The molecule has 0 aliphatic carbocycles. The van der Waals surface area contributed by atoms with Gasteiger partial charge in [-0.3, -0.25) is 4.79 Å². The summed E-state index contributed by atoms with van der Waals surface area (Å²) in [6.07, 6.45) is 2.77. The highest BCUT2D eigenvalue weighted by Gasteiger charge is 2.19. The predicted octanol–water partition coefficient (Wildman–Crippen LogP) is 1.34. The average molecular weight is 356 g/mol. The number of carbonyl (C=O) groups excluding carboxylic acids is 1. The quantitative estimate of drug-likeness (QED) is 0.772. The molecule has 0 unspecified atom stereocenters. The first-order valence-electron chi connectivity index (χ1n) is 8.26. The Balaban J connectivity index is 1.80. The number of rotatable bonds is 6. The lowest BCUT2D eigenvalue weighted by atomic mass is 10.1. The molecule has 5 nitrogen and oxygen atoms in total. The van der Waals surface area contributed by atoms with Gasteiger partial charge in [0.05, 0.1) is 5.75 Å². The molecule has 1 amide bonds. The molecule has 1 aromatic carbocycles. The van der Waals surface area contributed by atoms with E-state index in [4.69, 9.17) is 0 Å². The Morgan fingerprint density at radius 1 is 1.17 bits per heavy atom. The van der Waals surface area contributed by atoms with Crippen molar-refractivity contribution in [2.75, 3.05) is 44.7 Å². The van der Waals surface area contributed by atoms with Gasteiger partial charge in [0.25, 0.3) is 0 Å². The summed E-state index contributed by atoms with van der Waals surface area (Å²) in [6, 6.07) is 6.53. The summed E-state index contributed by atoms with van der Waals surface area (Å²) >= 11 is 0. The number of sulfone groups is 1. The van der Waals surface area contributed by atoms with E-state index in [1.54, 1.807) is 23.1 Å². The number of benzene rings is 1. The molecule has 0 N–H and O–H groups in total. The van der Waals surface area contributed by atoms with Gasteiger partial charge < -0.3 is 9.80 Å². The zero-order valence-electron chi connectivity index (χ0n) is 14.1. The third-order valence-electron chi connectivity index (χ3n) is 4.29. The molecule has 0 saturated carbocycles. The standard InChI is InChI=1S/C17H25FN2O3S/c1-24(22,23)14-13-19-9-4-10-20(12-11-19)17(21)8-7-15-5-2-3-6-16(15)18/h2-3,5-6H,4,7-14H2,1H3. The van der Waals surface area contributed by atoms with Gasteiger partial charge >= 0.3 is 0 Å². The Hall–Kier alpha value is -1.47. The maximum atomic E-state index is 13.6. The third-order valence-corrected chi connectivity index (χ3v) is 5.21. The summed E-state index contributed by atoms with van der Waals surface area (Å²) in [5, 5.41) is 0. The van der Waals surface area contributed by atoms with E-state index in [0.29, 0.717) is 44.6 Å². The number of aryl methyl sites for hydroxylation is 1. The molecule has 24 heavy (non-hydrogen) atoms. The highest BCUT2D eigenvalue weighted by atomic mass is 32.2. The van der Waals surface area contributed by atoms with Crippen LogP contribution in [0.2, 0.25) is 0 Å². The first-order chi connectivity index (χ1) is 11.3. The second-order valence-electron chi connectivity index (χ2n) is 6.30. The second kappa shape index (κ2) is 8.58. The van der Waals surface area contributed by atoms with Crippen LogP contribution in [0.1, 0.15) is 18.4 Å². The summed E-state index contributed by atoms with van der Waals surface area (Å²) in [7, 11) is -2.97. The van der Waals surface area contributed by atoms with E-state index in [1.165, 1.54) is 12.3 Å². The Kier molecular flexibility index (Phi) is 6.74. The predicted molar refractivity (Wildman–Crippen MR) is 92.1 cm³/mol. The Morgan fingerprint density at radius 3 is 2.62 bits per heavy atom. The Labute approximate surface area is 143 Å². The molecule has 1 aliphatic heterocycles. The molecule has 0 aromatic heterocycles. The topological polar surface area (TPSA) is 57.7 Å². The number of hydrogen-bond donors (Lipinski definition) is 0. The van der Waals surface area contributed by atoms with E-state index in [2.05, 4.69) is 4.90 Å². The minimum Gasteiger partial charge on any atom is -0.341 e. The largest absolute Gasteiger partial charge is 0.341 e. The lowest BCUT2D eigenvalue weighted by Crippen LogP contribution is -2.36. The second-order valence-corrected chi connectivity index (χ2v) is 8.56. The SMILES string of the molecule is CS(=O)(=O)CCN1CCCN(C(=O)CCc2ccccc2F)CC1. The van der Waals surface area contributed by atoms with Crippen LogP contribution in [-0.4, -0.2) is 68.9 Å². The molecule has 0 spiro atoms. The summed E-state index contributed by atoms with van der Waals surface area (Å²) in [6.45, 7) is 3.26. The van der Waals surface area contributed by atoms with E-state index in [1.807, 2.05) is 0 Å². The van der Waals surface area contributed by atoms with Crippen LogP contribution < -0.4 is 0 Å². The molecule has 0 atom stereocenters. The van der Waals surface area contributed by atoms with Crippen molar-refractivity contribution in [2.45, 2.75) is 19.3 Å². The molecule has 1 fully saturated rings. The summed E-state index contributed by atoms with van der Waals surface area (Å²) in [5.41, 5.74) is 0.565. The van der Waals surface area contributed by atoms with Crippen LogP contribution in [0.3, 0.4) is 0 Å². The van der Waals surface area contributed by atoms with Crippen LogP contribution in [0.15, 0.2) is 24.3 Å². The van der Waals surface area contributed by atoms with Gasteiger partial charge in [0.2, 0.25) is 5.91 Å². The molecule has 2 rings (SSSR count). The lowest BCUT2D eigenvalue weighted by molar-refractivity contribution is -0.131. The monoisotopic (exact) mass is 356 g/mol. The average Bonchev–Trinajstić information content (AvgIpc) is 2.77. The van der Waals surface area contributed by atoms with Gasteiger partial charge in [-0.05, 0) is 31.0 Å². The lowest BCUT2D eigenvalue weighted by Gasteiger charge is -2.22. The van der Waals surface area contributed by atoms with Crippen LogP contribution in [-0.2, 0) is 21.1 Å². The fourth-order valence-corrected chi connectivity index (χ4v) is 3.43. The molecule has 0 bridgehead atoms. The van der Waals surface area contributed by atoms with Crippen molar-refractivity contribution in [1.29, 1.82) is 0 Å². The van der Waals surface area contributed by atoms with Gasteiger partial charge in [0.15, 0.2) is 0 Å². The normalized spacial score (nSPS) is 16.8. The van der Waals surface area contributed by atoms with Crippen molar-refractivity contribution in [1.82, 2.24) is 9.80 Å². The van der Waals surface area contributed by atoms with E-state index in [0.717, 1.165) is 13.0 Å². The maximum Gasteiger partial charge on any atom is 0.222 e. The molecule has 1 saturated heterocycles. The zero-order valence-corrected chi connectivity index (χ0v) is 14.9. The van der Waals surface area contributed by atoms with Gasteiger partial charge in [-0.1, -0.05) is 18.2 Å². The molecule has 0 radical (unpaired) electrons. The molecule has 1 aliphatic rings. The smallest absolute Gasteiger partial charge is 0.222 e. The molecule has 7 heteroatoms. The fraction of sp³-hybridized carbons (Fsp3) is 0.588. The summed E-state index contributed by atoms with van der Waals surface area (Å²) in [4.78, 5) is 16.2. The van der Waals surface area contributed by atoms with Crippen LogP contribution in [0.4, 0.5) is 4.39 Å². The van der Waals surface area contributed by atoms with Gasteiger partial charge in [-0.15, -0.1) is 0 Å². The summed E-state index contributed by atoms with van der Waals surface area (Å²) < 4.78 is 36.1. The highest BCUT2D eigenvalue weighted by Crippen LogP contribution is 2.11. The van der Waals surface area contributed by atoms with E-state index >= 15 is 0 Å². The van der Waals surface area contributed by atoms with Crippen molar-refractivity contribution >= 4 is 15.7 Å². The molecule has 1 heterocycles. The van der Waals surface area contributed by atoms with Crippen LogP contribution >= 0.6 is 0 Å². The number of amides is 1. The Bertz CT molecular complexity index is 664. The third kappa shape index (κ3) is 6.20. The van der Waals surface area contributed by atoms with Crippen molar-refractivity contribution in [3.63, 3.8) is 0 Å². The van der Waals surface area contributed by atoms with Crippen molar-refractivity contribution in [2.24, 2.45) is 0 Å². The number of nitrogens with zero attached hydrogens (tertiary/aromatic N) is 2. The minimum absolute atomic E-state index is 0.0308. The maximum absolute atomic E-state index is 13.6. The molecule has 134 valence electrons. The van der Waals surface area contributed by atoms with Crippen molar-refractivity contribution in [3.8, 4) is 0 Å². The zero-order chi connectivity index (χ0) is 17.6.